The van der Waals surface area contributed by atoms with Crippen LogP contribution in [-0.4, -0.2) is 34.8 Å². The van der Waals surface area contributed by atoms with E-state index in [9.17, 15) is 9.59 Å². The van der Waals surface area contributed by atoms with Gasteiger partial charge in [0.1, 0.15) is 6.04 Å². The molecular formula is C17H20N2O3S. The van der Waals surface area contributed by atoms with Gasteiger partial charge < -0.3 is 4.74 Å². The second-order valence-corrected chi connectivity index (χ2v) is 5.78. The SMILES string of the molecule is CCOC(=O)C1=C(C)N(C(C)=O)C(SC)=NC1c1ccccc1. The Balaban J connectivity index is 2.59. The van der Waals surface area contributed by atoms with E-state index >= 15 is 0 Å². The zero-order valence-corrected chi connectivity index (χ0v) is 14.5. The van der Waals surface area contributed by atoms with Crippen LogP contribution in [-0.2, 0) is 14.3 Å². The molecule has 6 heteroatoms. The molecule has 0 spiro atoms. The number of esters is 1. The van der Waals surface area contributed by atoms with Crippen molar-refractivity contribution in [3.63, 3.8) is 0 Å². The fourth-order valence-corrected chi connectivity index (χ4v) is 3.21. The molecule has 5 nitrogen and oxygen atoms in total. The molecule has 1 amide bonds. The monoisotopic (exact) mass is 332 g/mol. The number of benzene rings is 1. The Hall–Kier alpha value is -2.08. The van der Waals surface area contributed by atoms with E-state index in [1.165, 1.54) is 23.6 Å². The van der Waals surface area contributed by atoms with Gasteiger partial charge in [0.25, 0.3) is 0 Å². The van der Waals surface area contributed by atoms with E-state index in [1.54, 1.807) is 13.8 Å². The Morgan fingerprint density at radius 2 is 1.96 bits per heavy atom. The maximum Gasteiger partial charge on any atom is 0.338 e. The molecule has 0 saturated carbocycles. The van der Waals surface area contributed by atoms with Crippen molar-refractivity contribution in [3.8, 4) is 0 Å². The van der Waals surface area contributed by atoms with Crippen LogP contribution in [0, 0.1) is 0 Å². The highest BCUT2D eigenvalue weighted by Gasteiger charge is 2.35. The summed E-state index contributed by atoms with van der Waals surface area (Å²) in [6, 6.07) is 9.09. The molecule has 1 atom stereocenters. The van der Waals surface area contributed by atoms with E-state index in [0.717, 1.165) is 5.56 Å². The van der Waals surface area contributed by atoms with Gasteiger partial charge in [-0.25, -0.2) is 9.79 Å². The summed E-state index contributed by atoms with van der Waals surface area (Å²) in [5.74, 6) is -0.613. The highest BCUT2D eigenvalue weighted by molar-refractivity contribution is 8.13. The lowest BCUT2D eigenvalue weighted by Gasteiger charge is -2.32. The number of allylic oxidation sites excluding steroid dienone is 1. The summed E-state index contributed by atoms with van der Waals surface area (Å²) >= 11 is 1.38. The van der Waals surface area contributed by atoms with Crippen LogP contribution >= 0.6 is 11.8 Å². The molecule has 1 aromatic rings. The molecule has 23 heavy (non-hydrogen) atoms. The summed E-state index contributed by atoms with van der Waals surface area (Å²) < 4.78 is 5.19. The largest absolute Gasteiger partial charge is 0.463 e. The number of hydrogen-bond donors (Lipinski definition) is 0. The lowest BCUT2D eigenvalue weighted by molar-refractivity contribution is -0.139. The average Bonchev–Trinajstić information content (AvgIpc) is 2.54. The van der Waals surface area contributed by atoms with Crippen molar-refractivity contribution in [2.45, 2.75) is 26.8 Å². The number of ether oxygens (including phenoxy) is 1. The van der Waals surface area contributed by atoms with E-state index in [4.69, 9.17) is 4.74 Å². The third kappa shape index (κ3) is 3.47. The van der Waals surface area contributed by atoms with Gasteiger partial charge in [0.15, 0.2) is 5.17 Å². The Bertz CT molecular complexity index is 668. The molecule has 1 aromatic carbocycles. The number of aliphatic imine (C=N–C) groups is 1. The first-order chi connectivity index (χ1) is 11.0. The smallest absolute Gasteiger partial charge is 0.338 e. The van der Waals surface area contributed by atoms with Gasteiger partial charge in [0, 0.05) is 12.6 Å². The van der Waals surface area contributed by atoms with Crippen LogP contribution in [0.4, 0.5) is 0 Å². The lowest BCUT2D eigenvalue weighted by atomic mass is 9.96. The van der Waals surface area contributed by atoms with Gasteiger partial charge in [-0.2, -0.15) is 0 Å². The number of amides is 1. The molecular weight excluding hydrogens is 312 g/mol. The number of rotatable bonds is 3. The van der Waals surface area contributed by atoms with Crippen molar-refractivity contribution < 1.29 is 14.3 Å². The maximum atomic E-state index is 12.5. The summed E-state index contributed by atoms with van der Waals surface area (Å²) in [6.07, 6.45) is 1.86. The van der Waals surface area contributed by atoms with Gasteiger partial charge in [-0.3, -0.25) is 9.69 Å². The first-order valence-corrected chi connectivity index (χ1v) is 8.59. The summed E-state index contributed by atoms with van der Waals surface area (Å²) in [6.45, 7) is 5.25. The van der Waals surface area contributed by atoms with Crippen LogP contribution in [0.5, 0.6) is 0 Å². The average molecular weight is 332 g/mol. The molecule has 1 unspecified atom stereocenters. The Kier molecular flexibility index (Phi) is 5.60. The summed E-state index contributed by atoms with van der Waals surface area (Å²) in [7, 11) is 0. The van der Waals surface area contributed by atoms with Gasteiger partial charge in [-0.15, -0.1) is 0 Å². The first-order valence-electron chi connectivity index (χ1n) is 7.36. The van der Waals surface area contributed by atoms with Crippen LogP contribution in [0.25, 0.3) is 0 Å². The van der Waals surface area contributed by atoms with Crippen LogP contribution < -0.4 is 0 Å². The summed E-state index contributed by atoms with van der Waals surface area (Å²) in [4.78, 5) is 30.6. The zero-order valence-electron chi connectivity index (χ0n) is 13.7. The Labute approximate surface area is 140 Å². The molecule has 1 heterocycles. The molecule has 0 bridgehead atoms. The molecule has 0 aromatic heterocycles. The molecule has 122 valence electrons. The number of thioether (sulfide) groups is 1. The van der Waals surface area contributed by atoms with E-state index < -0.39 is 12.0 Å². The van der Waals surface area contributed by atoms with E-state index in [2.05, 4.69) is 4.99 Å². The number of carbonyl (C=O) groups is 2. The van der Waals surface area contributed by atoms with Crippen molar-refractivity contribution >= 4 is 28.8 Å². The molecule has 0 saturated heterocycles. The highest BCUT2D eigenvalue weighted by atomic mass is 32.2. The topological polar surface area (TPSA) is 59.0 Å². The van der Waals surface area contributed by atoms with Crippen molar-refractivity contribution in [2.75, 3.05) is 12.9 Å². The quantitative estimate of drug-likeness (QED) is 0.798. The van der Waals surface area contributed by atoms with Crippen LogP contribution in [0.1, 0.15) is 32.4 Å². The van der Waals surface area contributed by atoms with E-state index in [1.807, 2.05) is 36.6 Å². The number of carbonyl (C=O) groups excluding carboxylic acids is 2. The molecule has 0 N–H and O–H groups in total. The minimum atomic E-state index is -0.465. The van der Waals surface area contributed by atoms with Gasteiger partial charge in [-0.1, -0.05) is 42.1 Å². The second kappa shape index (κ2) is 7.46. The van der Waals surface area contributed by atoms with Crippen molar-refractivity contribution in [2.24, 2.45) is 4.99 Å². The Morgan fingerprint density at radius 3 is 2.48 bits per heavy atom. The maximum absolute atomic E-state index is 12.5. The van der Waals surface area contributed by atoms with Crippen molar-refractivity contribution in [1.82, 2.24) is 4.90 Å². The highest BCUT2D eigenvalue weighted by Crippen LogP contribution is 2.36. The van der Waals surface area contributed by atoms with Gasteiger partial charge in [-0.05, 0) is 25.7 Å². The predicted octanol–water partition coefficient (Wildman–Crippen LogP) is 3.15. The standard InChI is InChI=1S/C17H20N2O3S/c1-5-22-16(21)14-11(2)19(12(3)20)17(23-4)18-15(14)13-9-7-6-8-10-13/h6-10,15H,5H2,1-4H3. The minimum absolute atomic E-state index is 0.177. The van der Waals surface area contributed by atoms with Crippen LogP contribution in [0.2, 0.25) is 0 Å². The third-order valence-corrected chi connectivity index (χ3v) is 4.19. The number of hydrogen-bond acceptors (Lipinski definition) is 5. The molecule has 0 aliphatic carbocycles. The van der Waals surface area contributed by atoms with E-state index in [-0.39, 0.29) is 12.5 Å². The van der Waals surface area contributed by atoms with Gasteiger partial charge >= 0.3 is 5.97 Å². The fraction of sp³-hybridized carbons (Fsp3) is 0.353. The molecule has 1 aliphatic rings. The first kappa shape index (κ1) is 17.3. The number of amidine groups is 1. The van der Waals surface area contributed by atoms with Crippen molar-refractivity contribution in [1.29, 1.82) is 0 Å². The van der Waals surface area contributed by atoms with Crippen molar-refractivity contribution in [3.05, 3.63) is 47.2 Å². The second-order valence-electron chi connectivity index (χ2n) is 5.00. The molecule has 2 rings (SSSR count). The normalized spacial score (nSPS) is 17.8. The zero-order chi connectivity index (χ0) is 17.0. The molecule has 0 radical (unpaired) electrons. The van der Waals surface area contributed by atoms with Crippen LogP contribution in [0.15, 0.2) is 46.6 Å². The minimum Gasteiger partial charge on any atom is -0.463 e. The van der Waals surface area contributed by atoms with Crippen LogP contribution in [0.3, 0.4) is 0 Å². The van der Waals surface area contributed by atoms with Gasteiger partial charge in [0.2, 0.25) is 5.91 Å². The summed E-state index contributed by atoms with van der Waals surface area (Å²) in [5, 5.41) is 0.580. The van der Waals surface area contributed by atoms with E-state index in [0.29, 0.717) is 16.4 Å². The predicted molar refractivity (Wildman–Crippen MR) is 92.0 cm³/mol. The lowest BCUT2D eigenvalue weighted by Crippen LogP contribution is -2.38. The fourth-order valence-electron chi connectivity index (χ4n) is 2.55. The number of nitrogens with zero attached hydrogens (tertiary/aromatic N) is 2. The third-order valence-electron chi connectivity index (χ3n) is 3.54. The Morgan fingerprint density at radius 1 is 1.30 bits per heavy atom. The molecule has 1 aliphatic heterocycles. The summed E-state index contributed by atoms with van der Waals surface area (Å²) in [5.41, 5.74) is 1.87. The van der Waals surface area contributed by atoms with Gasteiger partial charge in [0.05, 0.1) is 12.2 Å². The molecule has 0 fully saturated rings.